The summed E-state index contributed by atoms with van der Waals surface area (Å²) in [5.41, 5.74) is 6.61. The fourth-order valence-electron chi connectivity index (χ4n) is 1.76. The molecule has 0 aliphatic heterocycles. The van der Waals surface area contributed by atoms with Crippen LogP contribution < -0.4 is 5.73 Å². The van der Waals surface area contributed by atoms with Crippen molar-refractivity contribution in [1.29, 1.82) is 0 Å². The van der Waals surface area contributed by atoms with Crippen LogP contribution in [0.25, 0.3) is 0 Å². The van der Waals surface area contributed by atoms with Gasteiger partial charge in [0, 0.05) is 19.6 Å². The number of rotatable bonds is 7. The van der Waals surface area contributed by atoms with Crippen LogP contribution >= 0.6 is 0 Å². The van der Waals surface area contributed by atoms with Crippen molar-refractivity contribution in [3.05, 3.63) is 35.1 Å². The van der Waals surface area contributed by atoms with E-state index in [0.29, 0.717) is 11.1 Å². The lowest BCUT2D eigenvalue weighted by Gasteiger charge is -2.21. The second-order valence-electron chi connectivity index (χ2n) is 4.02. The molecule has 0 fully saturated rings. The van der Waals surface area contributed by atoms with Crippen LogP contribution in [0.1, 0.15) is 11.1 Å². The number of hydrogen-bond donors (Lipinski definition) is 2. The van der Waals surface area contributed by atoms with Gasteiger partial charge in [0.1, 0.15) is 5.82 Å². The van der Waals surface area contributed by atoms with Crippen molar-refractivity contribution in [1.82, 2.24) is 4.90 Å². The molecule has 0 aliphatic carbocycles. The van der Waals surface area contributed by atoms with Crippen molar-refractivity contribution in [2.75, 3.05) is 19.7 Å². The number of hydrogen-bond acceptors (Lipinski definition) is 3. The van der Waals surface area contributed by atoms with Crippen molar-refractivity contribution in [3.63, 3.8) is 0 Å². The Hall–Kier alpha value is -1.11. The highest BCUT2D eigenvalue weighted by molar-refractivity contribution is 5.24. The smallest absolute Gasteiger partial charge is 0.251 e. The van der Waals surface area contributed by atoms with E-state index in [1.54, 1.807) is 6.07 Å². The summed E-state index contributed by atoms with van der Waals surface area (Å²) >= 11 is 0. The van der Waals surface area contributed by atoms with E-state index in [1.165, 1.54) is 17.0 Å². The van der Waals surface area contributed by atoms with Crippen LogP contribution in [0.15, 0.2) is 18.2 Å². The van der Waals surface area contributed by atoms with Gasteiger partial charge in [-0.1, -0.05) is 6.07 Å². The zero-order valence-electron chi connectivity index (χ0n) is 9.95. The molecule has 0 spiro atoms. The highest BCUT2D eigenvalue weighted by Crippen LogP contribution is 2.12. The highest BCUT2D eigenvalue weighted by atomic mass is 19.3. The van der Waals surface area contributed by atoms with E-state index in [2.05, 4.69) is 0 Å². The standard InChI is InChI=1S/C12H17F3N2O/c13-11-4-9(6-16)3-10(5-11)7-17(1-2-18)8-12(14)15/h3-5,12,18H,1-2,6-8,16H2. The molecule has 3 N–H and O–H groups in total. The number of alkyl halides is 2. The lowest BCUT2D eigenvalue weighted by Crippen LogP contribution is -2.31. The summed E-state index contributed by atoms with van der Waals surface area (Å²) in [4.78, 5) is 1.37. The molecule has 0 saturated heterocycles. The Kier molecular flexibility index (Phi) is 6.11. The molecule has 6 heteroatoms. The largest absolute Gasteiger partial charge is 0.395 e. The van der Waals surface area contributed by atoms with Gasteiger partial charge in [-0.15, -0.1) is 0 Å². The normalized spacial score (nSPS) is 11.5. The van der Waals surface area contributed by atoms with Gasteiger partial charge in [0.2, 0.25) is 0 Å². The topological polar surface area (TPSA) is 49.5 Å². The number of aliphatic hydroxyl groups excluding tert-OH is 1. The average Bonchev–Trinajstić information content (AvgIpc) is 2.27. The summed E-state index contributed by atoms with van der Waals surface area (Å²) in [6.07, 6.45) is -2.49. The summed E-state index contributed by atoms with van der Waals surface area (Å²) in [6, 6.07) is 4.28. The lowest BCUT2D eigenvalue weighted by molar-refractivity contribution is 0.0746. The quantitative estimate of drug-likeness (QED) is 0.779. The Morgan fingerprint density at radius 3 is 2.44 bits per heavy atom. The fraction of sp³-hybridized carbons (Fsp3) is 0.500. The van der Waals surface area contributed by atoms with Gasteiger partial charge in [-0.25, -0.2) is 13.2 Å². The van der Waals surface area contributed by atoms with E-state index in [1.807, 2.05) is 0 Å². The van der Waals surface area contributed by atoms with Gasteiger partial charge < -0.3 is 10.8 Å². The van der Waals surface area contributed by atoms with Crippen molar-refractivity contribution in [2.24, 2.45) is 5.73 Å². The monoisotopic (exact) mass is 262 g/mol. The molecule has 0 aromatic heterocycles. The van der Waals surface area contributed by atoms with E-state index in [0.717, 1.165) is 0 Å². The van der Waals surface area contributed by atoms with Gasteiger partial charge in [0.15, 0.2) is 0 Å². The average molecular weight is 262 g/mol. The molecule has 0 radical (unpaired) electrons. The van der Waals surface area contributed by atoms with Crippen molar-refractivity contribution < 1.29 is 18.3 Å². The summed E-state index contributed by atoms with van der Waals surface area (Å²) in [5.74, 6) is -0.436. The summed E-state index contributed by atoms with van der Waals surface area (Å²) < 4.78 is 37.9. The van der Waals surface area contributed by atoms with E-state index in [4.69, 9.17) is 10.8 Å². The van der Waals surface area contributed by atoms with Gasteiger partial charge in [-0.05, 0) is 23.3 Å². The predicted molar refractivity (Wildman–Crippen MR) is 62.7 cm³/mol. The van der Waals surface area contributed by atoms with E-state index >= 15 is 0 Å². The maximum absolute atomic E-state index is 13.2. The van der Waals surface area contributed by atoms with Gasteiger partial charge in [-0.2, -0.15) is 0 Å². The molecule has 3 nitrogen and oxygen atoms in total. The van der Waals surface area contributed by atoms with Crippen LogP contribution in [0.2, 0.25) is 0 Å². The minimum atomic E-state index is -2.49. The molecule has 1 rings (SSSR count). The molecule has 1 aromatic rings. The predicted octanol–water partition coefficient (Wildman–Crippen LogP) is 1.34. The molecule has 102 valence electrons. The van der Waals surface area contributed by atoms with Gasteiger partial charge in [-0.3, -0.25) is 4.90 Å². The lowest BCUT2D eigenvalue weighted by atomic mass is 10.1. The van der Waals surface area contributed by atoms with Crippen LogP contribution in [-0.2, 0) is 13.1 Å². The number of aliphatic hydroxyl groups is 1. The number of halogens is 3. The Morgan fingerprint density at radius 1 is 1.22 bits per heavy atom. The number of nitrogens with two attached hydrogens (primary N) is 1. The first kappa shape index (κ1) is 14.9. The first-order valence-electron chi connectivity index (χ1n) is 5.65. The van der Waals surface area contributed by atoms with Crippen molar-refractivity contribution in [2.45, 2.75) is 19.5 Å². The molecule has 18 heavy (non-hydrogen) atoms. The first-order chi connectivity index (χ1) is 8.55. The molecule has 0 amide bonds. The second kappa shape index (κ2) is 7.35. The Morgan fingerprint density at radius 2 is 1.89 bits per heavy atom. The molecular weight excluding hydrogens is 245 g/mol. The minimum Gasteiger partial charge on any atom is -0.395 e. The highest BCUT2D eigenvalue weighted by Gasteiger charge is 2.12. The maximum atomic E-state index is 13.2. The first-order valence-corrected chi connectivity index (χ1v) is 5.65. The molecule has 1 aromatic carbocycles. The van der Waals surface area contributed by atoms with E-state index in [-0.39, 0.29) is 26.2 Å². The minimum absolute atomic E-state index is 0.124. The van der Waals surface area contributed by atoms with Gasteiger partial charge in [0.05, 0.1) is 13.2 Å². The Labute approximate surface area is 104 Å². The van der Waals surface area contributed by atoms with E-state index in [9.17, 15) is 13.2 Å². The van der Waals surface area contributed by atoms with Crippen molar-refractivity contribution >= 4 is 0 Å². The zero-order chi connectivity index (χ0) is 13.5. The molecule has 0 aliphatic rings. The van der Waals surface area contributed by atoms with Crippen LogP contribution in [0.3, 0.4) is 0 Å². The summed E-state index contributed by atoms with van der Waals surface area (Å²) in [5, 5.41) is 8.80. The van der Waals surface area contributed by atoms with Gasteiger partial charge in [0.25, 0.3) is 6.43 Å². The zero-order valence-corrected chi connectivity index (χ0v) is 9.95. The SMILES string of the molecule is NCc1cc(F)cc(CN(CCO)CC(F)F)c1. The summed E-state index contributed by atoms with van der Waals surface area (Å²) in [6.45, 7) is -0.186. The van der Waals surface area contributed by atoms with Gasteiger partial charge >= 0.3 is 0 Å². The third-order valence-electron chi connectivity index (χ3n) is 2.47. The van der Waals surface area contributed by atoms with Crippen LogP contribution in [0.4, 0.5) is 13.2 Å². The molecule has 0 heterocycles. The summed E-state index contributed by atoms with van der Waals surface area (Å²) in [7, 11) is 0. The molecule has 0 unspecified atom stereocenters. The maximum Gasteiger partial charge on any atom is 0.251 e. The Bertz CT molecular complexity index is 374. The molecular formula is C12H17F3N2O. The number of nitrogens with zero attached hydrogens (tertiary/aromatic N) is 1. The number of benzene rings is 1. The van der Waals surface area contributed by atoms with Crippen LogP contribution in [0.5, 0.6) is 0 Å². The third-order valence-corrected chi connectivity index (χ3v) is 2.47. The fourth-order valence-corrected chi connectivity index (χ4v) is 1.76. The molecule has 0 bridgehead atoms. The Balaban J connectivity index is 2.75. The molecule has 0 saturated carbocycles. The van der Waals surface area contributed by atoms with Crippen molar-refractivity contribution in [3.8, 4) is 0 Å². The molecule has 0 atom stereocenters. The van der Waals surface area contributed by atoms with E-state index < -0.39 is 18.8 Å². The van der Waals surface area contributed by atoms with Crippen LogP contribution in [0, 0.1) is 5.82 Å². The second-order valence-corrected chi connectivity index (χ2v) is 4.02. The van der Waals surface area contributed by atoms with Crippen LogP contribution in [-0.4, -0.2) is 36.1 Å². The third kappa shape index (κ3) is 5.03.